The van der Waals surface area contributed by atoms with Crippen LogP contribution in [0.3, 0.4) is 0 Å². The van der Waals surface area contributed by atoms with Crippen LogP contribution in [0.4, 0.5) is 11.5 Å². The summed E-state index contributed by atoms with van der Waals surface area (Å²) in [4.78, 5) is 23.9. The number of nitrogens with zero attached hydrogens (tertiary/aromatic N) is 3. The zero-order valence-corrected chi connectivity index (χ0v) is 15.3. The van der Waals surface area contributed by atoms with Crippen LogP contribution in [0.15, 0.2) is 24.3 Å². The average molecular weight is 338 g/mol. The van der Waals surface area contributed by atoms with E-state index in [4.69, 9.17) is 0 Å². The van der Waals surface area contributed by atoms with Crippen molar-refractivity contribution < 1.29 is 4.79 Å². The first-order valence-corrected chi connectivity index (χ1v) is 9.15. The lowest BCUT2D eigenvalue weighted by molar-refractivity contribution is 0.102. The number of hydrogen-bond donors (Lipinski definition) is 1. The van der Waals surface area contributed by atoms with E-state index in [0.717, 1.165) is 48.6 Å². The van der Waals surface area contributed by atoms with Crippen molar-refractivity contribution in [3.63, 3.8) is 0 Å². The van der Waals surface area contributed by atoms with E-state index in [9.17, 15) is 4.79 Å². The van der Waals surface area contributed by atoms with Crippen LogP contribution >= 0.6 is 0 Å². The van der Waals surface area contributed by atoms with Crippen LogP contribution in [0.1, 0.15) is 54.1 Å². The fraction of sp³-hybridized carbons (Fsp3) is 0.450. The molecule has 132 valence electrons. The number of aryl methyl sites for hydroxylation is 3. The molecular formula is C20H26N4O. The summed E-state index contributed by atoms with van der Waals surface area (Å²) in [5.41, 5.74) is 3.66. The molecule has 1 fully saturated rings. The smallest absolute Gasteiger partial charge is 0.274 e. The molecule has 0 radical (unpaired) electrons. The Kier molecular flexibility index (Phi) is 5.31. The summed E-state index contributed by atoms with van der Waals surface area (Å²) >= 11 is 0. The van der Waals surface area contributed by atoms with E-state index in [0.29, 0.717) is 11.5 Å². The molecule has 0 aliphatic carbocycles. The first-order valence-electron chi connectivity index (χ1n) is 9.15. The van der Waals surface area contributed by atoms with Crippen molar-refractivity contribution in [2.75, 3.05) is 23.3 Å². The minimum Gasteiger partial charge on any atom is -0.356 e. The lowest BCUT2D eigenvalue weighted by atomic mass is 10.0. The minimum atomic E-state index is -0.165. The molecule has 5 nitrogen and oxygen atoms in total. The number of hydrogen-bond acceptors (Lipinski definition) is 4. The van der Waals surface area contributed by atoms with Gasteiger partial charge < -0.3 is 10.2 Å². The van der Waals surface area contributed by atoms with Gasteiger partial charge >= 0.3 is 0 Å². The average Bonchev–Trinajstić information content (AvgIpc) is 3.16. The predicted octanol–water partition coefficient (Wildman–Crippen LogP) is 3.76. The van der Waals surface area contributed by atoms with E-state index in [1.165, 1.54) is 12.8 Å². The zero-order chi connectivity index (χ0) is 17.8. The molecule has 0 saturated carbocycles. The highest BCUT2D eigenvalue weighted by Gasteiger charge is 2.18. The summed E-state index contributed by atoms with van der Waals surface area (Å²) < 4.78 is 0. The lowest BCUT2D eigenvalue weighted by Crippen LogP contribution is -2.22. The van der Waals surface area contributed by atoms with E-state index in [-0.39, 0.29) is 5.91 Å². The second-order valence-corrected chi connectivity index (χ2v) is 6.47. The van der Waals surface area contributed by atoms with Crippen molar-refractivity contribution >= 4 is 17.4 Å². The quantitative estimate of drug-likeness (QED) is 0.902. The van der Waals surface area contributed by atoms with Gasteiger partial charge in [-0.2, -0.15) is 0 Å². The molecule has 5 heteroatoms. The maximum Gasteiger partial charge on any atom is 0.274 e. The van der Waals surface area contributed by atoms with Crippen molar-refractivity contribution in [2.45, 2.75) is 46.5 Å². The number of carbonyl (C=O) groups is 1. The van der Waals surface area contributed by atoms with Crippen LogP contribution in [0, 0.1) is 6.92 Å². The third-order valence-corrected chi connectivity index (χ3v) is 4.72. The van der Waals surface area contributed by atoms with E-state index >= 15 is 0 Å². The Morgan fingerprint density at radius 1 is 1.12 bits per heavy atom. The topological polar surface area (TPSA) is 58.1 Å². The summed E-state index contributed by atoms with van der Waals surface area (Å²) in [6.07, 6.45) is 4.11. The first-order chi connectivity index (χ1) is 12.1. The van der Waals surface area contributed by atoms with Crippen LogP contribution in [-0.2, 0) is 12.8 Å². The van der Waals surface area contributed by atoms with Gasteiger partial charge in [0, 0.05) is 24.8 Å². The van der Waals surface area contributed by atoms with E-state index in [2.05, 4.69) is 46.2 Å². The van der Waals surface area contributed by atoms with Gasteiger partial charge in [0.15, 0.2) is 0 Å². The number of anilines is 2. The minimum absolute atomic E-state index is 0.165. The number of carbonyl (C=O) groups excluding carboxylic acids is 1. The van der Waals surface area contributed by atoms with Gasteiger partial charge in [-0.05, 0) is 43.7 Å². The Bertz CT molecular complexity index is 744. The van der Waals surface area contributed by atoms with Gasteiger partial charge in [0.2, 0.25) is 0 Å². The number of aromatic nitrogens is 2. The van der Waals surface area contributed by atoms with Crippen molar-refractivity contribution in [1.29, 1.82) is 0 Å². The van der Waals surface area contributed by atoms with Crippen molar-refractivity contribution in [3.8, 4) is 0 Å². The third kappa shape index (κ3) is 3.81. The standard InChI is InChI=1S/C20H26N4O/c1-4-15-9-8-10-16(5-2)19(15)23-20(25)17-13-18(22-14(3)21-17)24-11-6-7-12-24/h8-10,13H,4-7,11-12H2,1-3H3,(H,23,25). The Labute approximate surface area is 149 Å². The highest BCUT2D eigenvalue weighted by Crippen LogP contribution is 2.24. The molecule has 1 saturated heterocycles. The van der Waals surface area contributed by atoms with Crippen LogP contribution in [0.25, 0.3) is 0 Å². The Morgan fingerprint density at radius 2 is 1.76 bits per heavy atom. The molecule has 1 aromatic carbocycles. The molecule has 1 aromatic heterocycles. The van der Waals surface area contributed by atoms with Crippen LogP contribution in [0.2, 0.25) is 0 Å². The number of benzene rings is 1. The molecule has 1 N–H and O–H groups in total. The summed E-state index contributed by atoms with van der Waals surface area (Å²) in [6.45, 7) is 8.04. The van der Waals surface area contributed by atoms with Crippen molar-refractivity contribution in [2.24, 2.45) is 0 Å². The summed E-state index contributed by atoms with van der Waals surface area (Å²) in [7, 11) is 0. The fourth-order valence-electron chi connectivity index (χ4n) is 3.36. The van der Waals surface area contributed by atoms with Gasteiger partial charge in [-0.1, -0.05) is 32.0 Å². The van der Waals surface area contributed by atoms with Crippen molar-refractivity contribution in [1.82, 2.24) is 9.97 Å². The molecule has 0 unspecified atom stereocenters. The van der Waals surface area contributed by atoms with Gasteiger partial charge in [0.05, 0.1) is 0 Å². The van der Waals surface area contributed by atoms with Gasteiger partial charge in [-0.3, -0.25) is 4.79 Å². The Balaban J connectivity index is 1.89. The molecule has 25 heavy (non-hydrogen) atoms. The van der Waals surface area contributed by atoms with Gasteiger partial charge in [0.1, 0.15) is 17.3 Å². The second kappa shape index (κ2) is 7.64. The number of rotatable bonds is 5. The zero-order valence-electron chi connectivity index (χ0n) is 15.3. The largest absolute Gasteiger partial charge is 0.356 e. The van der Waals surface area contributed by atoms with E-state index in [1.54, 1.807) is 0 Å². The highest BCUT2D eigenvalue weighted by molar-refractivity contribution is 6.04. The molecule has 2 heterocycles. The lowest BCUT2D eigenvalue weighted by Gasteiger charge is -2.18. The summed E-state index contributed by atoms with van der Waals surface area (Å²) in [5, 5.41) is 3.09. The molecule has 1 amide bonds. The van der Waals surface area contributed by atoms with Crippen LogP contribution in [-0.4, -0.2) is 29.0 Å². The van der Waals surface area contributed by atoms with Crippen LogP contribution in [0.5, 0.6) is 0 Å². The monoisotopic (exact) mass is 338 g/mol. The normalized spacial score (nSPS) is 14.0. The Hall–Kier alpha value is -2.43. The van der Waals surface area contributed by atoms with Gasteiger partial charge in [0.25, 0.3) is 5.91 Å². The molecule has 0 atom stereocenters. The number of para-hydroxylation sites is 1. The van der Waals surface area contributed by atoms with E-state index in [1.807, 2.05) is 19.1 Å². The molecule has 1 aliphatic heterocycles. The third-order valence-electron chi connectivity index (χ3n) is 4.72. The predicted molar refractivity (Wildman–Crippen MR) is 101 cm³/mol. The van der Waals surface area contributed by atoms with E-state index < -0.39 is 0 Å². The summed E-state index contributed by atoms with van der Waals surface area (Å²) in [5.74, 6) is 1.32. The van der Waals surface area contributed by atoms with Gasteiger partial charge in [-0.15, -0.1) is 0 Å². The second-order valence-electron chi connectivity index (χ2n) is 6.47. The highest BCUT2D eigenvalue weighted by atomic mass is 16.1. The maximum absolute atomic E-state index is 12.8. The maximum atomic E-state index is 12.8. The molecule has 1 aliphatic rings. The SMILES string of the molecule is CCc1cccc(CC)c1NC(=O)c1cc(N2CCCC2)nc(C)n1. The summed E-state index contributed by atoms with van der Waals surface area (Å²) in [6, 6.07) is 7.99. The van der Waals surface area contributed by atoms with Gasteiger partial charge in [-0.25, -0.2) is 9.97 Å². The molecular weight excluding hydrogens is 312 g/mol. The first kappa shape index (κ1) is 17.4. The number of nitrogens with one attached hydrogen (secondary N) is 1. The van der Waals surface area contributed by atoms with Crippen LogP contribution < -0.4 is 10.2 Å². The number of amides is 1. The Morgan fingerprint density at radius 3 is 2.36 bits per heavy atom. The molecule has 0 spiro atoms. The van der Waals surface area contributed by atoms with Crippen molar-refractivity contribution in [3.05, 3.63) is 46.9 Å². The molecule has 0 bridgehead atoms. The molecule has 3 rings (SSSR count). The molecule has 2 aromatic rings. The fourth-order valence-corrected chi connectivity index (χ4v) is 3.36.